The monoisotopic (exact) mass is 297 g/mol. The Bertz CT molecular complexity index is 378. The van der Waals surface area contributed by atoms with Crippen molar-refractivity contribution in [1.29, 1.82) is 0 Å². The Labute approximate surface area is 126 Å². The van der Waals surface area contributed by atoms with Gasteiger partial charge in [0.25, 0.3) is 5.91 Å². The zero-order valence-electron chi connectivity index (χ0n) is 13.1. The van der Waals surface area contributed by atoms with E-state index in [9.17, 15) is 14.7 Å². The summed E-state index contributed by atoms with van der Waals surface area (Å²) in [4.78, 5) is 25.7. The highest BCUT2D eigenvalue weighted by Gasteiger charge is 2.36. The van der Waals surface area contributed by atoms with Crippen LogP contribution in [0.25, 0.3) is 0 Å². The third-order valence-corrected chi connectivity index (χ3v) is 4.85. The van der Waals surface area contributed by atoms with Crippen molar-refractivity contribution in [2.75, 3.05) is 13.2 Å². The lowest BCUT2D eigenvalue weighted by molar-refractivity contribution is -0.149. The summed E-state index contributed by atoms with van der Waals surface area (Å²) >= 11 is 0. The number of ether oxygens (including phenoxy) is 1. The van der Waals surface area contributed by atoms with Gasteiger partial charge in [-0.1, -0.05) is 26.7 Å². The van der Waals surface area contributed by atoms with Crippen molar-refractivity contribution in [3.63, 3.8) is 0 Å². The van der Waals surface area contributed by atoms with Crippen LogP contribution in [0.3, 0.4) is 0 Å². The van der Waals surface area contributed by atoms with Crippen LogP contribution in [0.4, 0.5) is 0 Å². The molecular formula is C16H27NO4. The topological polar surface area (TPSA) is 66.8 Å². The highest BCUT2D eigenvalue weighted by molar-refractivity contribution is 5.82. The maximum atomic E-state index is 12.8. The van der Waals surface area contributed by atoms with Crippen molar-refractivity contribution >= 4 is 11.9 Å². The molecule has 1 N–H and O–H groups in total. The molecule has 21 heavy (non-hydrogen) atoms. The van der Waals surface area contributed by atoms with Gasteiger partial charge in [0.15, 0.2) is 0 Å². The van der Waals surface area contributed by atoms with E-state index < -0.39 is 11.9 Å². The van der Waals surface area contributed by atoms with Crippen molar-refractivity contribution in [2.24, 2.45) is 11.8 Å². The Hall–Kier alpha value is -1.10. The second-order valence-electron chi connectivity index (χ2n) is 6.56. The van der Waals surface area contributed by atoms with Crippen LogP contribution in [0.5, 0.6) is 0 Å². The van der Waals surface area contributed by atoms with E-state index in [2.05, 4.69) is 6.92 Å². The van der Waals surface area contributed by atoms with Gasteiger partial charge in [0, 0.05) is 19.2 Å². The molecule has 2 fully saturated rings. The number of hydrogen-bond acceptors (Lipinski definition) is 3. The van der Waals surface area contributed by atoms with Crippen LogP contribution in [0, 0.1) is 11.8 Å². The Balaban J connectivity index is 2.11. The average Bonchev–Trinajstić information content (AvgIpc) is 2.98. The van der Waals surface area contributed by atoms with E-state index in [1.165, 1.54) is 6.42 Å². The largest absolute Gasteiger partial charge is 0.481 e. The number of carboxylic acids is 1. The molecule has 1 heterocycles. The zero-order chi connectivity index (χ0) is 15.4. The number of hydrogen-bond donors (Lipinski definition) is 1. The lowest BCUT2D eigenvalue weighted by Crippen LogP contribution is -2.51. The summed E-state index contributed by atoms with van der Waals surface area (Å²) in [5.41, 5.74) is 0. The molecule has 0 radical (unpaired) electrons. The Morgan fingerprint density at radius 1 is 1.24 bits per heavy atom. The summed E-state index contributed by atoms with van der Waals surface area (Å²) in [6.07, 6.45) is 5.73. The fourth-order valence-corrected chi connectivity index (χ4v) is 3.48. The minimum Gasteiger partial charge on any atom is -0.481 e. The number of rotatable bonds is 5. The predicted molar refractivity (Wildman–Crippen MR) is 78.9 cm³/mol. The molecule has 0 bridgehead atoms. The summed E-state index contributed by atoms with van der Waals surface area (Å²) in [7, 11) is 0. The molecule has 0 aromatic rings. The molecule has 120 valence electrons. The predicted octanol–water partition coefficient (Wildman–Crippen LogP) is 2.29. The molecule has 0 spiro atoms. The first-order valence-corrected chi connectivity index (χ1v) is 8.15. The molecule has 1 amide bonds. The van der Waals surface area contributed by atoms with E-state index in [4.69, 9.17) is 4.74 Å². The van der Waals surface area contributed by atoms with Crippen LogP contribution in [0.2, 0.25) is 0 Å². The molecule has 1 saturated carbocycles. The Kier molecular flexibility index (Phi) is 5.62. The summed E-state index contributed by atoms with van der Waals surface area (Å²) in [5, 5.41) is 9.17. The van der Waals surface area contributed by atoms with Gasteiger partial charge in [-0.2, -0.15) is 0 Å². The molecule has 4 atom stereocenters. The standard InChI is InChI=1S/C16H27NO4/c1-11-6-3-4-7-13(11)17(10-12(2)16(19)20)15(18)14-8-5-9-21-14/h11-14H,3-10H2,1-2H3,(H,19,20). The van der Waals surface area contributed by atoms with E-state index in [0.29, 0.717) is 19.1 Å². The smallest absolute Gasteiger partial charge is 0.308 e. The van der Waals surface area contributed by atoms with Gasteiger partial charge in [0.2, 0.25) is 0 Å². The molecule has 0 aromatic carbocycles. The molecule has 1 aliphatic heterocycles. The van der Waals surface area contributed by atoms with Gasteiger partial charge in [-0.15, -0.1) is 0 Å². The molecule has 4 unspecified atom stereocenters. The van der Waals surface area contributed by atoms with Gasteiger partial charge in [-0.3, -0.25) is 9.59 Å². The number of aliphatic carboxylic acids is 1. The van der Waals surface area contributed by atoms with Gasteiger partial charge < -0.3 is 14.7 Å². The van der Waals surface area contributed by atoms with Gasteiger partial charge >= 0.3 is 5.97 Å². The van der Waals surface area contributed by atoms with E-state index in [0.717, 1.165) is 32.1 Å². The molecule has 0 aromatic heterocycles. The second kappa shape index (κ2) is 7.25. The molecule has 5 heteroatoms. The Morgan fingerprint density at radius 2 is 1.95 bits per heavy atom. The highest BCUT2D eigenvalue weighted by atomic mass is 16.5. The van der Waals surface area contributed by atoms with Crippen molar-refractivity contribution in [3.05, 3.63) is 0 Å². The van der Waals surface area contributed by atoms with Crippen LogP contribution in [-0.2, 0) is 14.3 Å². The summed E-state index contributed by atoms with van der Waals surface area (Å²) in [5.74, 6) is -0.947. The van der Waals surface area contributed by atoms with E-state index in [1.807, 2.05) is 4.90 Å². The lowest BCUT2D eigenvalue weighted by atomic mass is 9.84. The minimum atomic E-state index is -0.844. The third-order valence-electron chi connectivity index (χ3n) is 4.85. The number of carboxylic acid groups (broad SMARTS) is 1. The Morgan fingerprint density at radius 3 is 2.52 bits per heavy atom. The van der Waals surface area contributed by atoms with E-state index >= 15 is 0 Å². The van der Waals surface area contributed by atoms with Crippen molar-refractivity contribution < 1.29 is 19.4 Å². The lowest BCUT2D eigenvalue weighted by Gasteiger charge is -2.40. The fraction of sp³-hybridized carbons (Fsp3) is 0.875. The van der Waals surface area contributed by atoms with Crippen LogP contribution >= 0.6 is 0 Å². The van der Waals surface area contributed by atoms with E-state index in [1.54, 1.807) is 6.92 Å². The summed E-state index contributed by atoms with van der Waals surface area (Å²) < 4.78 is 5.53. The number of amides is 1. The number of carbonyl (C=O) groups is 2. The van der Waals surface area contributed by atoms with Crippen LogP contribution in [0.1, 0.15) is 52.4 Å². The molecular weight excluding hydrogens is 270 g/mol. The van der Waals surface area contributed by atoms with Gasteiger partial charge in [0.1, 0.15) is 6.10 Å². The second-order valence-corrected chi connectivity index (χ2v) is 6.56. The van der Waals surface area contributed by atoms with Crippen LogP contribution in [0.15, 0.2) is 0 Å². The maximum Gasteiger partial charge on any atom is 0.308 e. The average molecular weight is 297 g/mol. The zero-order valence-corrected chi connectivity index (χ0v) is 13.1. The number of nitrogens with zero attached hydrogens (tertiary/aromatic N) is 1. The first-order valence-electron chi connectivity index (χ1n) is 8.15. The minimum absolute atomic E-state index is 0.000602. The number of carbonyl (C=O) groups excluding carboxylic acids is 1. The first kappa shape index (κ1) is 16.3. The molecule has 1 aliphatic carbocycles. The van der Waals surface area contributed by atoms with Crippen LogP contribution in [-0.4, -0.2) is 47.2 Å². The first-order chi connectivity index (χ1) is 10.0. The summed E-state index contributed by atoms with van der Waals surface area (Å²) in [6, 6.07) is 0.164. The SMILES string of the molecule is CC(CN(C(=O)C1CCCO1)C1CCCCC1C)C(=O)O. The third kappa shape index (κ3) is 3.96. The van der Waals surface area contributed by atoms with E-state index in [-0.39, 0.29) is 18.1 Å². The highest BCUT2D eigenvalue weighted by Crippen LogP contribution is 2.30. The molecule has 5 nitrogen and oxygen atoms in total. The van der Waals surface area contributed by atoms with Gasteiger partial charge in [-0.05, 0) is 31.6 Å². The van der Waals surface area contributed by atoms with Crippen molar-refractivity contribution in [3.8, 4) is 0 Å². The van der Waals surface area contributed by atoms with Gasteiger partial charge in [0.05, 0.1) is 5.92 Å². The van der Waals surface area contributed by atoms with Crippen LogP contribution < -0.4 is 0 Å². The molecule has 2 aliphatic rings. The summed E-state index contributed by atoms with van der Waals surface area (Å²) in [6.45, 7) is 4.78. The normalized spacial score (nSPS) is 30.9. The van der Waals surface area contributed by atoms with Gasteiger partial charge in [-0.25, -0.2) is 0 Å². The quantitative estimate of drug-likeness (QED) is 0.845. The maximum absolute atomic E-state index is 12.8. The molecule has 2 rings (SSSR count). The fourth-order valence-electron chi connectivity index (χ4n) is 3.48. The van der Waals surface area contributed by atoms with Crippen molar-refractivity contribution in [2.45, 2.75) is 64.5 Å². The van der Waals surface area contributed by atoms with Crippen molar-refractivity contribution in [1.82, 2.24) is 4.90 Å². The molecule has 1 saturated heterocycles.